The third-order valence-electron chi connectivity index (χ3n) is 4.85. The van der Waals surface area contributed by atoms with Gasteiger partial charge in [0.05, 0.1) is 4.92 Å². The maximum Gasteiger partial charge on any atom is 0.282 e. The lowest BCUT2D eigenvalue weighted by atomic mass is 10.1. The van der Waals surface area contributed by atoms with Gasteiger partial charge >= 0.3 is 0 Å². The Labute approximate surface area is 163 Å². The Kier molecular flexibility index (Phi) is 6.47. The molecule has 0 bridgehead atoms. The number of rotatable bonds is 6. The molecule has 6 nitrogen and oxygen atoms in total. The molecule has 0 unspecified atom stereocenters. The van der Waals surface area contributed by atoms with E-state index in [4.69, 9.17) is 0 Å². The maximum atomic E-state index is 12.9. The summed E-state index contributed by atoms with van der Waals surface area (Å²) in [5.74, 6) is -0.250. The van der Waals surface area contributed by atoms with Crippen LogP contribution in [0.15, 0.2) is 53.4 Å². The Bertz CT molecular complexity index is 805. The van der Waals surface area contributed by atoms with Crippen molar-refractivity contribution in [3.05, 3.63) is 69.8 Å². The van der Waals surface area contributed by atoms with Gasteiger partial charge in [-0.15, -0.1) is 11.8 Å². The number of benzene rings is 2. The van der Waals surface area contributed by atoms with Gasteiger partial charge in [-0.1, -0.05) is 30.3 Å². The minimum atomic E-state index is -0.479. The SMILES string of the molecule is CSc1ccc([N+](=O)[O-])c(C(=O)N2CCN(CCc3ccccc3)CC2)c1. The minimum Gasteiger partial charge on any atom is -0.336 e. The van der Waals surface area contributed by atoms with Gasteiger partial charge in [0.25, 0.3) is 11.6 Å². The molecule has 142 valence electrons. The molecule has 0 radical (unpaired) electrons. The fourth-order valence-electron chi connectivity index (χ4n) is 3.25. The summed E-state index contributed by atoms with van der Waals surface area (Å²) >= 11 is 1.47. The minimum absolute atomic E-state index is 0.121. The first-order valence-corrected chi connectivity index (χ1v) is 10.2. The summed E-state index contributed by atoms with van der Waals surface area (Å²) in [6.07, 6.45) is 2.87. The van der Waals surface area contributed by atoms with Crippen LogP contribution >= 0.6 is 11.8 Å². The van der Waals surface area contributed by atoms with E-state index in [1.165, 1.54) is 23.4 Å². The molecule has 0 spiro atoms. The highest BCUT2D eigenvalue weighted by Gasteiger charge is 2.27. The summed E-state index contributed by atoms with van der Waals surface area (Å²) in [4.78, 5) is 28.6. The molecular weight excluding hydrogens is 362 g/mol. The maximum absolute atomic E-state index is 12.9. The second kappa shape index (κ2) is 9.01. The van der Waals surface area contributed by atoms with Gasteiger partial charge in [-0.25, -0.2) is 0 Å². The Hall–Kier alpha value is -2.38. The highest BCUT2D eigenvalue weighted by Crippen LogP contribution is 2.26. The fourth-order valence-corrected chi connectivity index (χ4v) is 3.69. The van der Waals surface area contributed by atoms with Gasteiger partial charge in [0.1, 0.15) is 5.56 Å². The number of thioether (sulfide) groups is 1. The number of nitro benzene ring substituents is 1. The number of amides is 1. The van der Waals surface area contributed by atoms with Crippen LogP contribution in [0.5, 0.6) is 0 Å². The summed E-state index contributed by atoms with van der Waals surface area (Å²) in [6, 6.07) is 15.1. The predicted molar refractivity (Wildman–Crippen MR) is 107 cm³/mol. The lowest BCUT2D eigenvalue weighted by Gasteiger charge is -2.34. The van der Waals surface area contributed by atoms with Crippen molar-refractivity contribution in [2.75, 3.05) is 39.0 Å². The van der Waals surface area contributed by atoms with E-state index in [1.54, 1.807) is 17.0 Å². The fraction of sp³-hybridized carbons (Fsp3) is 0.350. The molecule has 1 amide bonds. The van der Waals surface area contributed by atoms with E-state index in [-0.39, 0.29) is 17.2 Å². The number of nitro groups is 1. The largest absolute Gasteiger partial charge is 0.336 e. The third-order valence-corrected chi connectivity index (χ3v) is 5.58. The first kappa shape index (κ1) is 19.4. The Balaban J connectivity index is 1.61. The molecule has 0 saturated carbocycles. The van der Waals surface area contributed by atoms with Crippen molar-refractivity contribution in [1.82, 2.24) is 9.80 Å². The summed E-state index contributed by atoms with van der Waals surface area (Å²) < 4.78 is 0. The standard InChI is InChI=1S/C20H23N3O3S/c1-27-17-7-8-19(23(25)26)18(15-17)20(24)22-13-11-21(12-14-22)10-9-16-5-3-2-4-6-16/h2-8,15H,9-14H2,1H3. The van der Waals surface area contributed by atoms with E-state index in [2.05, 4.69) is 17.0 Å². The lowest BCUT2D eigenvalue weighted by Crippen LogP contribution is -2.49. The second-order valence-corrected chi connectivity index (χ2v) is 7.39. The average Bonchev–Trinajstić information content (AvgIpc) is 2.72. The highest BCUT2D eigenvalue weighted by molar-refractivity contribution is 7.98. The zero-order valence-corrected chi connectivity index (χ0v) is 16.2. The van der Waals surface area contributed by atoms with E-state index >= 15 is 0 Å². The Morgan fingerprint density at radius 2 is 1.81 bits per heavy atom. The lowest BCUT2D eigenvalue weighted by molar-refractivity contribution is -0.385. The van der Waals surface area contributed by atoms with Crippen LogP contribution < -0.4 is 0 Å². The molecule has 1 fully saturated rings. The van der Waals surface area contributed by atoms with E-state index in [0.717, 1.165) is 31.0 Å². The molecule has 2 aromatic rings. The molecule has 0 N–H and O–H groups in total. The summed E-state index contributed by atoms with van der Waals surface area (Å²) in [6.45, 7) is 3.71. The number of hydrogen-bond donors (Lipinski definition) is 0. The number of carbonyl (C=O) groups excluding carboxylic acids is 1. The quantitative estimate of drug-likeness (QED) is 0.434. The normalized spacial score (nSPS) is 14.9. The monoisotopic (exact) mass is 385 g/mol. The van der Waals surface area contributed by atoms with Gasteiger partial charge in [-0.3, -0.25) is 19.8 Å². The average molecular weight is 385 g/mol. The zero-order valence-electron chi connectivity index (χ0n) is 15.3. The zero-order chi connectivity index (χ0) is 19.2. The van der Waals surface area contributed by atoms with Crippen molar-refractivity contribution in [3.8, 4) is 0 Å². The van der Waals surface area contributed by atoms with Crippen molar-refractivity contribution in [3.63, 3.8) is 0 Å². The van der Waals surface area contributed by atoms with Crippen LogP contribution in [0.25, 0.3) is 0 Å². The molecule has 0 aliphatic carbocycles. The van der Waals surface area contributed by atoms with Gasteiger partial charge in [0, 0.05) is 43.7 Å². The molecule has 27 heavy (non-hydrogen) atoms. The van der Waals surface area contributed by atoms with Gasteiger partial charge in [0.15, 0.2) is 0 Å². The van der Waals surface area contributed by atoms with Crippen LogP contribution in [0.4, 0.5) is 5.69 Å². The first-order valence-electron chi connectivity index (χ1n) is 8.96. The van der Waals surface area contributed by atoms with Gasteiger partial charge in [0.2, 0.25) is 0 Å². The topological polar surface area (TPSA) is 66.7 Å². The predicted octanol–water partition coefficient (Wildman–Crippen LogP) is 3.32. The van der Waals surface area contributed by atoms with E-state index in [0.29, 0.717) is 13.1 Å². The summed E-state index contributed by atoms with van der Waals surface area (Å²) in [7, 11) is 0. The van der Waals surface area contributed by atoms with Crippen molar-refractivity contribution in [2.45, 2.75) is 11.3 Å². The number of carbonyl (C=O) groups is 1. The molecule has 1 aliphatic rings. The van der Waals surface area contributed by atoms with Gasteiger partial charge < -0.3 is 4.90 Å². The molecule has 2 aromatic carbocycles. The highest BCUT2D eigenvalue weighted by atomic mass is 32.2. The van der Waals surface area contributed by atoms with Crippen molar-refractivity contribution in [2.24, 2.45) is 0 Å². The molecule has 1 saturated heterocycles. The van der Waals surface area contributed by atoms with Crippen LogP contribution in [0.1, 0.15) is 15.9 Å². The van der Waals surface area contributed by atoms with Gasteiger partial charge in [-0.2, -0.15) is 0 Å². The van der Waals surface area contributed by atoms with E-state index in [1.807, 2.05) is 24.5 Å². The van der Waals surface area contributed by atoms with Gasteiger partial charge in [-0.05, 0) is 30.4 Å². The van der Waals surface area contributed by atoms with Crippen LogP contribution in [0.3, 0.4) is 0 Å². The third kappa shape index (κ3) is 4.87. The number of nitrogens with zero attached hydrogens (tertiary/aromatic N) is 3. The molecule has 3 rings (SSSR count). The number of piperazine rings is 1. The smallest absolute Gasteiger partial charge is 0.282 e. The Morgan fingerprint density at radius 1 is 1.11 bits per heavy atom. The van der Waals surface area contributed by atoms with Crippen molar-refractivity contribution >= 4 is 23.4 Å². The van der Waals surface area contributed by atoms with Crippen LogP contribution in [-0.2, 0) is 6.42 Å². The molecule has 1 heterocycles. The van der Waals surface area contributed by atoms with E-state index < -0.39 is 4.92 Å². The second-order valence-electron chi connectivity index (χ2n) is 6.51. The summed E-state index contributed by atoms with van der Waals surface area (Å²) in [5, 5.41) is 11.3. The van der Waals surface area contributed by atoms with Crippen molar-refractivity contribution < 1.29 is 9.72 Å². The van der Waals surface area contributed by atoms with E-state index in [9.17, 15) is 14.9 Å². The molecular formula is C20H23N3O3S. The first-order chi connectivity index (χ1) is 13.1. The molecule has 0 atom stereocenters. The molecule has 1 aliphatic heterocycles. The molecule has 7 heteroatoms. The van der Waals surface area contributed by atoms with Crippen LogP contribution in [0.2, 0.25) is 0 Å². The number of hydrogen-bond acceptors (Lipinski definition) is 5. The summed E-state index contributed by atoms with van der Waals surface area (Å²) in [5.41, 5.74) is 1.37. The van der Waals surface area contributed by atoms with Crippen LogP contribution in [0, 0.1) is 10.1 Å². The Morgan fingerprint density at radius 3 is 2.44 bits per heavy atom. The van der Waals surface area contributed by atoms with Crippen LogP contribution in [-0.4, -0.2) is 59.6 Å². The van der Waals surface area contributed by atoms with Crippen molar-refractivity contribution in [1.29, 1.82) is 0 Å². The molecule has 0 aromatic heterocycles.